The van der Waals surface area contributed by atoms with E-state index in [9.17, 15) is 14.4 Å². The molecule has 8 heteroatoms. The van der Waals surface area contributed by atoms with Gasteiger partial charge < -0.3 is 14.7 Å². The van der Waals surface area contributed by atoms with Gasteiger partial charge in [-0.2, -0.15) is 0 Å². The van der Waals surface area contributed by atoms with E-state index >= 15 is 0 Å². The first-order valence-electron chi connectivity index (χ1n) is 14.7. The van der Waals surface area contributed by atoms with Crippen LogP contribution in [0, 0.1) is 0 Å². The molecule has 2 heterocycles. The summed E-state index contributed by atoms with van der Waals surface area (Å²) in [6.45, 7) is 1.02. The Kier molecular flexibility index (Phi) is 7.92. The summed E-state index contributed by atoms with van der Waals surface area (Å²) in [6, 6.07) is 30.1. The topological polar surface area (TPSA) is 89.6 Å². The normalized spacial score (nSPS) is 15.5. The van der Waals surface area contributed by atoms with Crippen molar-refractivity contribution in [1.82, 2.24) is 19.8 Å². The van der Waals surface area contributed by atoms with Crippen LogP contribution >= 0.6 is 0 Å². The molecule has 1 fully saturated rings. The van der Waals surface area contributed by atoms with Gasteiger partial charge in [-0.05, 0) is 46.9 Å². The highest BCUT2D eigenvalue weighted by atomic mass is 16.2. The van der Waals surface area contributed by atoms with Crippen molar-refractivity contribution in [2.45, 2.75) is 37.9 Å². The number of carbonyl (C=O) groups excluding carboxylic acids is 2. The maximum absolute atomic E-state index is 14.2. The van der Waals surface area contributed by atoms with Crippen molar-refractivity contribution >= 4 is 39.4 Å². The van der Waals surface area contributed by atoms with Gasteiger partial charge in [-0.25, -0.2) is 4.98 Å². The Morgan fingerprint density at radius 1 is 0.907 bits per heavy atom. The number of benzene rings is 4. The van der Waals surface area contributed by atoms with Crippen molar-refractivity contribution in [3.63, 3.8) is 0 Å². The number of amides is 2. The highest BCUT2D eigenvalue weighted by molar-refractivity contribution is 5.92. The fourth-order valence-corrected chi connectivity index (χ4v) is 6.04. The highest BCUT2D eigenvalue weighted by Gasteiger charge is 2.38. The number of H-pyrrole nitrogens is 1. The van der Waals surface area contributed by atoms with E-state index in [1.807, 2.05) is 59.5 Å². The van der Waals surface area contributed by atoms with Crippen LogP contribution in [0.3, 0.4) is 0 Å². The Morgan fingerprint density at radius 3 is 2.44 bits per heavy atom. The molecule has 4 aromatic carbocycles. The summed E-state index contributed by atoms with van der Waals surface area (Å²) < 4.78 is 0. The third-order valence-corrected chi connectivity index (χ3v) is 8.39. The van der Waals surface area contributed by atoms with Crippen LogP contribution in [0.1, 0.15) is 24.0 Å². The number of aromatic amines is 1. The summed E-state index contributed by atoms with van der Waals surface area (Å²) in [5.41, 5.74) is 2.34. The smallest absolute Gasteiger partial charge is 0.260 e. The van der Waals surface area contributed by atoms with E-state index in [1.165, 1.54) is 0 Å². The number of nitrogens with one attached hydrogen (secondary N) is 1. The first-order valence-corrected chi connectivity index (χ1v) is 14.7. The van der Waals surface area contributed by atoms with Gasteiger partial charge in [-0.3, -0.25) is 19.4 Å². The Balaban J connectivity index is 1.30. The maximum Gasteiger partial charge on any atom is 0.260 e. The molecular weight excluding hydrogens is 538 g/mol. The molecule has 218 valence electrons. The SMILES string of the molecule is CN(Cc1ccccc1)C(=O)[C@H](Cc1ccc2ccccc2c1)N(C)C(=O)[C@@H]1CCCN1c1nc2ccccc2c(=O)[nH]1. The van der Waals surface area contributed by atoms with Crippen molar-refractivity contribution in [2.75, 3.05) is 25.5 Å². The van der Waals surface area contributed by atoms with Gasteiger partial charge in [-0.1, -0.05) is 84.9 Å². The molecule has 0 radical (unpaired) electrons. The van der Waals surface area contributed by atoms with E-state index in [2.05, 4.69) is 34.2 Å². The summed E-state index contributed by atoms with van der Waals surface area (Å²) in [4.78, 5) is 53.8. The van der Waals surface area contributed by atoms with Crippen LogP contribution in [0.5, 0.6) is 0 Å². The second-order valence-corrected chi connectivity index (χ2v) is 11.3. The largest absolute Gasteiger partial charge is 0.340 e. The van der Waals surface area contributed by atoms with Crippen LogP contribution in [0.4, 0.5) is 5.95 Å². The minimum Gasteiger partial charge on any atom is -0.340 e. The number of carbonyl (C=O) groups is 2. The van der Waals surface area contributed by atoms with E-state index in [0.29, 0.717) is 42.8 Å². The molecule has 1 saturated heterocycles. The van der Waals surface area contributed by atoms with Gasteiger partial charge in [0.15, 0.2) is 0 Å². The molecular formula is C35H35N5O3. The molecule has 8 nitrogen and oxygen atoms in total. The number of aromatic nitrogens is 2. The van der Waals surface area contributed by atoms with Crippen molar-refractivity contribution in [2.24, 2.45) is 0 Å². The summed E-state index contributed by atoms with van der Waals surface area (Å²) in [7, 11) is 3.50. The number of hydrogen-bond acceptors (Lipinski definition) is 5. The maximum atomic E-state index is 14.2. The van der Waals surface area contributed by atoms with E-state index in [4.69, 9.17) is 0 Å². The van der Waals surface area contributed by atoms with Gasteiger partial charge >= 0.3 is 0 Å². The summed E-state index contributed by atoms with van der Waals surface area (Å²) in [5, 5.41) is 2.72. The number of hydrogen-bond donors (Lipinski definition) is 1. The van der Waals surface area contributed by atoms with Gasteiger partial charge in [0.2, 0.25) is 17.8 Å². The summed E-state index contributed by atoms with van der Waals surface area (Å²) in [6.07, 6.45) is 1.76. The van der Waals surface area contributed by atoms with E-state index in [0.717, 1.165) is 28.3 Å². The van der Waals surface area contributed by atoms with Crippen molar-refractivity contribution in [3.8, 4) is 0 Å². The molecule has 0 unspecified atom stereocenters. The monoisotopic (exact) mass is 573 g/mol. The minimum atomic E-state index is -0.714. The predicted octanol–water partition coefficient (Wildman–Crippen LogP) is 4.77. The molecule has 0 saturated carbocycles. The van der Waals surface area contributed by atoms with Crippen LogP contribution in [0.25, 0.3) is 21.7 Å². The van der Waals surface area contributed by atoms with Crippen LogP contribution in [0.2, 0.25) is 0 Å². The summed E-state index contributed by atoms with van der Waals surface area (Å²) in [5.74, 6) is 0.0850. The fourth-order valence-electron chi connectivity index (χ4n) is 6.04. The zero-order valence-electron chi connectivity index (χ0n) is 24.4. The highest BCUT2D eigenvalue weighted by Crippen LogP contribution is 2.26. The van der Waals surface area contributed by atoms with Gasteiger partial charge in [-0.15, -0.1) is 0 Å². The van der Waals surface area contributed by atoms with Gasteiger partial charge in [0.1, 0.15) is 12.1 Å². The van der Waals surface area contributed by atoms with Crippen LogP contribution in [-0.4, -0.2) is 64.3 Å². The molecule has 2 atom stereocenters. The summed E-state index contributed by atoms with van der Waals surface area (Å²) >= 11 is 0. The first kappa shape index (κ1) is 28.2. The standard InChI is InChI=1S/C35H35N5O3/c1-38(23-24-11-4-3-5-12-24)33(42)31(22-25-18-19-26-13-6-7-14-27(26)21-25)39(2)34(43)30-17-10-20-40(30)35-36-29-16-9-8-15-28(29)32(41)37-35/h3-9,11-16,18-19,21,30-31H,10,17,20,22-23H2,1-2H3,(H,36,37,41)/t30-,31-/m0/s1. The van der Waals surface area contributed by atoms with E-state index < -0.39 is 12.1 Å². The molecule has 43 heavy (non-hydrogen) atoms. The predicted molar refractivity (Wildman–Crippen MR) is 170 cm³/mol. The van der Waals surface area contributed by atoms with E-state index in [1.54, 1.807) is 42.1 Å². The van der Waals surface area contributed by atoms with Gasteiger partial charge in [0, 0.05) is 33.6 Å². The molecule has 0 aliphatic carbocycles. The number of fused-ring (bicyclic) bond motifs is 2. The Morgan fingerprint density at radius 2 is 1.63 bits per heavy atom. The van der Waals surface area contributed by atoms with Gasteiger partial charge in [0.25, 0.3) is 5.56 Å². The van der Waals surface area contributed by atoms with Crippen molar-refractivity contribution < 1.29 is 9.59 Å². The average Bonchev–Trinajstić information content (AvgIpc) is 3.53. The average molecular weight is 574 g/mol. The number of likely N-dealkylation sites (N-methyl/N-ethyl adjacent to an activating group) is 2. The number of nitrogens with zero attached hydrogens (tertiary/aromatic N) is 4. The zero-order chi connectivity index (χ0) is 29.9. The molecule has 0 bridgehead atoms. The third kappa shape index (κ3) is 5.86. The Bertz CT molecular complexity index is 1840. The van der Waals surface area contributed by atoms with Crippen molar-refractivity contribution in [3.05, 3.63) is 119 Å². The Hall–Kier alpha value is -4.98. The quantitative estimate of drug-likeness (QED) is 0.289. The molecule has 1 N–H and O–H groups in total. The molecule has 1 aromatic heterocycles. The van der Waals surface area contributed by atoms with Crippen LogP contribution < -0.4 is 10.5 Å². The fraction of sp³-hybridized carbons (Fsp3) is 0.257. The third-order valence-electron chi connectivity index (χ3n) is 8.39. The molecule has 2 amide bonds. The molecule has 1 aliphatic heterocycles. The van der Waals surface area contributed by atoms with Crippen LogP contribution in [-0.2, 0) is 22.6 Å². The lowest BCUT2D eigenvalue weighted by molar-refractivity contribution is -0.144. The van der Waals surface area contributed by atoms with Crippen LogP contribution in [0.15, 0.2) is 102 Å². The van der Waals surface area contributed by atoms with Crippen molar-refractivity contribution in [1.29, 1.82) is 0 Å². The Labute approximate surface area is 250 Å². The molecule has 6 rings (SSSR count). The molecule has 0 spiro atoms. The second-order valence-electron chi connectivity index (χ2n) is 11.3. The van der Waals surface area contributed by atoms with Gasteiger partial charge in [0.05, 0.1) is 10.9 Å². The number of anilines is 1. The minimum absolute atomic E-state index is 0.130. The molecule has 5 aromatic rings. The zero-order valence-corrected chi connectivity index (χ0v) is 24.4. The first-order chi connectivity index (χ1) is 20.9. The number of para-hydroxylation sites is 1. The number of rotatable bonds is 8. The lowest BCUT2D eigenvalue weighted by atomic mass is 9.99. The lowest BCUT2D eigenvalue weighted by Crippen LogP contribution is -2.54. The van der Waals surface area contributed by atoms with E-state index in [-0.39, 0.29) is 17.4 Å². The lowest BCUT2D eigenvalue weighted by Gasteiger charge is -2.34. The molecule has 1 aliphatic rings. The second kappa shape index (κ2) is 12.1.